The van der Waals surface area contributed by atoms with Gasteiger partial charge in [-0.05, 0) is 82.3 Å². The fourth-order valence-electron chi connectivity index (χ4n) is 5.56. The molecule has 0 unspecified atom stereocenters. The van der Waals surface area contributed by atoms with Crippen LogP contribution < -0.4 is 5.32 Å². The summed E-state index contributed by atoms with van der Waals surface area (Å²) in [6, 6.07) is 7.71. The minimum atomic E-state index is -0.975. The van der Waals surface area contributed by atoms with Crippen LogP contribution >= 0.6 is 0 Å². The molecule has 2 aliphatic rings. The third-order valence-corrected chi connectivity index (χ3v) is 8.04. The highest BCUT2D eigenvalue weighted by molar-refractivity contribution is 6.00. The van der Waals surface area contributed by atoms with Gasteiger partial charge in [0.05, 0.1) is 18.5 Å². The van der Waals surface area contributed by atoms with Gasteiger partial charge in [-0.25, -0.2) is 0 Å². The van der Waals surface area contributed by atoms with Gasteiger partial charge in [-0.2, -0.15) is 0 Å². The first kappa shape index (κ1) is 25.5. The maximum absolute atomic E-state index is 13.9. The summed E-state index contributed by atoms with van der Waals surface area (Å²) in [7, 11) is 0. The molecule has 7 nitrogen and oxygen atoms in total. The van der Waals surface area contributed by atoms with Gasteiger partial charge in [-0.15, -0.1) is 0 Å². The second kappa shape index (κ2) is 11.0. The molecule has 1 N–H and O–H groups in total. The third-order valence-electron chi connectivity index (χ3n) is 8.04. The molecule has 2 aromatic rings. The maximum atomic E-state index is 13.9. The molecule has 7 heteroatoms. The number of likely N-dealkylation sites (N-methyl/N-ethyl adjacent to an activating group) is 1. The standard InChI is InChI=1S/C28H42N4O3/c1-5-7-16-30(6-2)17-18-32-26(33)24-15-14-23(25-9-8-19-35-25)31(24)20-28(32,4)27(34)29-22-12-10-21(3)11-13-22/h8-9,14-15,19,21-22H,5-7,10-13,16-18,20H2,1-4H3,(H,29,34)/t21?,22?,28-/m1/s1. The molecular weight excluding hydrogens is 440 g/mol. The lowest BCUT2D eigenvalue weighted by molar-refractivity contribution is -0.134. The topological polar surface area (TPSA) is 70.7 Å². The first-order valence-electron chi connectivity index (χ1n) is 13.5. The first-order chi connectivity index (χ1) is 16.9. The molecule has 35 heavy (non-hydrogen) atoms. The van der Waals surface area contributed by atoms with E-state index in [0.29, 0.717) is 30.5 Å². The lowest BCUT2D eigenvalue weighted by atomic mass is 9.86. The zero-order valence-corrected chi connectivity index (χ0v) is 21.9. The van der Waals surface area contributed by atoms with E-state index in [0.717, 1.165) is 63.9 Å². The van der Waals surface area contributed by atoms with Crippen LogP contribution in [0.5, 0.6) is 0 Å². The van der Waals surface area contributed by atoms with Crippen LogP contribution in [0.4, 0.5) is 0 Å². The molecule has 2 aromatic heterocycles. The van der Waals surface area contributed by atoms with E-state index in [4.69, 9.17) is 4.42 Å². The van der Waals surface area contributed by atoms with Crippen LogP contribution in [0.25, 0.3) is 11.5 Å². The van der Waals surface area contributed by atoms with Gasteiger partial charge >= 0.3 is 0 Å². The Kier molecular flexibility index (Phi) is 8.05. The van der Waals surface area contributed by atoms with Crippen LogP contribution in [-0.4, -0.2) is 63.9 Å². The molecule has 192 valence electrons. The summed E-state index contributed by atoms with van der Waals surface area (Å²) in [5.74, 6) is 1.29. The van der Waals surface area contributed by atoms with Gasteiger partial charge in [-0.3, -0.25) is 9.59 Å². The predicted molar refractivity (Wildman–Crippen MR) is 138 cm³/mol. The van der Waals surface area contributed by atoms with Gasteiger partial charge in [0.15, 0.2) is 0 Å². The number of nitrogens with one attached hydrogen (secondary N) is 1. The fraction of sp³-hybridized carbons (Fsp3) is 0.643. The number of unbranched alkanes of at least 4 members (excludes halogenated alkanes) is 1. The number of aromatic nitrogens is 1. The lowest BCUT2D eigenvalue weighted by Gasteiger charge is -2.45. The number of nitrogens with zero attached hydrogens (tertiary/aromatic N) is 3. The SMILES string of the molecule is CCCCN(CC)CCN1C(=O)c2ccc(-c3ccco3)n2C[C@]1(C)C(=O)NC1CCC(C)CC1. The van der Waals surface area contributed by atoms with Crippen LogP contribution in [0.1, 0.15) is 76.7 Å². The molecule has 1 aliphatic heterocycles. The molecule has 0 radical (unpaired) electrons. The zero-order valence-electron chi connectivity index (χ0n) is 21.9. The number of hydrogen-bond acceptors (Lipinski definition) is 4. The van der Waals surface area contributed by atoms with Crippen LogP contribution in [0.2, 0.25) is 0 Å². The molecule has 0 aromatic carbocycles. The number of carbonyl (C=O) groups excluding carboxylic acids is 2. The molecule has 1 saturated carbocycles. The Morgan fingerprint density at radius 2 is 1.89 bits per heavy atom. The molecular formula is C28H42N4O3. The van der Waals surface area contributed by atoms with E-state index in [9.17, 15) is 9.59 Å². The summed E-state index contributed by atoms with van der Waals surface area (Å²) in [4.78, 5) is 31.9. The van der Waals surface area contributed by atoms with Crippen molar-refractivity contribution in [3.05, 3.63) is 36.2 Å². The summed E-state index contributed by atoms with van der Waals surface area (Å²) in [5.41, 5.74) is 0.476. The Morgan fingerprint density at radius 1 is 1.14 bits per heavy atom. The Morgan fingerprint density at radius 3 is 2.54 bits per heavy atom. The van der Waals surface area contributed by atoms with Gasteiger partial charge < -0.3 is 24.1 Å². The number of furan rings is 1. The molecule has 4 rings (SSSR count). The van der Waals surface area contributed by atoms with E-state index >= 15 is 0 Å². The molecule has 0 spiro atoms. The van der Waals surface area contributed by atoms with E-state index in [1.54, 1.807) is 6.26 Å². The van der Waals surface area contributed by atoms with E-state index < -0.39 is 5.54 Å². The molecule has 1 aliphatic carbocycles. The number of hydrogen-bond donors (Lipinski definition) is 1. The van der Waals surface area contributed by atoms with Crippen LogP contribution in [0, 0.1) is 5.92 Å². The quantitative estimate of drug-likeness (QED) is 0.529. The Balaban J connectivity index is 1.61. The molecule has 0 bridgehead atoms. The summed E-state index contributed by atoms with van der Waals surface area (Å²) in [6.07, 6.45) is 8.19. The average Bonchev–Trinajstić information content (AvgIpc) is 3.52. The molecule has 2 amide bonds. The van der Waals surface area contributed by atoms with Crippen molar-refractivity contribution in [3.8, 4) is 11.5 Å². The fourth-order valence-corrected chi connectivity index (χ4v) is 5.56. The van der Waals surface area contributed by atoms with Crippen molar-refractivity contribution in [1.29, 1.82) is 0 Å². The smallest absolute Gasteiger partial charge is 0.271 e. The number of fused-ring (bicyclic) bond motifs is 1. The van der Waals surface area contributed by atoms with Gasteiger partial charge in [-0.1, -0.05) is 27.2 Å². The third kappa shape index (κ3) is 5.35. The van der Waals surface area contributed by atoms with Crippen LogP contribution in [0.15, 0.2) is 34.9 Å². The predicted octanol–water partition coefficient (Wildman–Crippen LogP) is 4.78. The zero-order chi connectivity index (χ0) is 25.0. The monoisotopic (exact) mass is 482 g/mol. The Hall–Kier alpha value is -2.54. The highest BCUT2D eigenvalue weighted by atomic mass is 16.3. The van der Waals surface area contributed by atoms with E-state index in [1.165, 1.54) is 0 Å². The summed E-state index contributed by atoms with van der Waals surface area (Å²) in [6.45, 7) is 12.2. The maximum Gasteiger partial charge on any atom is 0.271 e. The highest BCUT2D eigenvalue weighted by Crippen LogP contribution is 2.34. The highest BCUT2D eigenvalue weighted by Gasteiger charge is 2.48. The van der Waals surface area contributed by atoms with Gasteiger partial charge in [0.25, 0.3) is 5.91 Å². The number of amides is 2. The second-order valence-electron chi connectivity index (χ2n) is 10.6. The van der Waals surface area contributed by atoms with Crippen molar-refractivity contribution in [3.63, 3.8) is 0 Å². The van der Waals surface area contributed by atoms with Crippen molar-refractivity contribution in [2.75, 3.05) is 26.2 Å². The van der Waals surface area contributed by atoms with Crippen molar-refractivity contribution >= 4 is 11.8 Å². The summed E-state index contributed by atoms with van der Waals surface area (Å²) >= 11 is 0. The van der Waals surface area contributed by atoms with Crippen molar-refractivity contribution in [1.82, 2.24) is 19.7 Å². The summed E-state index contributed by atoms with van der Waals surface area (Å²) in [5, 5.41) is 3.33. The van der Waals surface area contributed by atoms with Gasteiger partial charge in [0.1, 0.15) is 17.0 Å². The number of carbonyl (C=O) groups is 2. The van der Waals surface area contributed by atoms with E-state index in [-0.39, 0.29) is 17.9 Å². The van der Waals surface area contributed by atoms with Crippen molar-refractivity contribution in [2.45, 2.75) is 84.3 Å². The summed E-state index contributed by atoms with van der Waals surface area (Å²) < 4.78 is 7.61. The van der Waals surface area contributed by atoms with Crippen LogP contribution in [0.3, 0.4) is 0 Å². The molecule has 3 heterocycles. The Bertz CT molecular complexity index is 990. The normalized spacial score (nSPS) is 24.6. The first-order valence-corrected chi connectivity index (χ1v) is 13.5. The average molecular weight is 483 g/mol. The molecule has 1 atom stereocenters. The lowest BCUT2D eigenvalue weighted by Crippen LogP contribution is -2.66. The minimum Gasteiger partial charge on any atom is -0.463 e. The number of rotatable bonds is 10. The largest absolute Gasteiger partial charge is 0.463 e. The van der Waals surface area contributed by atoms with Crippen LogP contribution in [-0.2, 0) is 11.3 Å². The molecule has 1 fully saturated rings. The Labute approximate surface area is 209 Å². The minimum absolute atomic E-state index is 0.0493. The second-order valence-corrected chi connectivity index (χ2v) is 10.6. The van der Waals surface area contributed by atoms with Crippen molar-refractivity contribution < 1.29 is 14.0 Å². The van der Waals surface area contributed by atoms with Gasteiger partial charge in [0, 0.05) is 19.1 Å². The van der Waals surface area contributed by atoms with Crippen molar-refractivity contribution in [2.24, 2.45) is 5.92 Å². The van der Waals surface area contributed by atoms with E-state index in [2.05, 4.69) is 31.0 Å². The van der Waals surface area contributed by atoms with Gasteiger partial charge in [0.2, 0.25) is 5.91 Å². The molecule has 0 saturated heterocycles. The van der Waals surface area contributed by atoms with E-state index in [1.807, 2.05) is 40.7 Å².